The number of hydrogen-bond acceptors (Lipinski definition) is 9. The summed E-state index contributed by atoms with van der Waals surface area (Å²) >= 11 is 1.40. The molecule has 0 unspecified atom stereocenters. The minimum atomic E-state index is -0.450. The molecule has 1 aromatic carbocycles. The normalized spacial score (nSPS) is 13.5. The summed E-state index contributed by atoms with van der Waals surface area (Å²) in [4.78, 5) is 26.5. The van der Waals surface area contributed by atoms with Gasteiger partial charge in [-0.2, -0.15) is 0 Å². The number of rotatable bonds is 6. The summed E-state index contributed by atoms with van der Waals surface area (Å²) in [5, 5.41) is 11.8. The SMILES string of the molecule is COc1ccc(CSc2nc(N3C=COCC3)c3ncn(C)c3n2)cc1[N+](=O)[O-]. The van der Waals surface area contributed by atoms with Crippen molar-refractivity contribution in [2.75, 3.05) is 25.2 Å². The molecule has 0 fully saturated rings. The average molecular weight is 414 g/mol. The van der Waals surface area contributed by atoms with E-state index in [1.165, 1.54) is 24.9 Å². The number of anilines is 1. The fourth-order valence-corrected chi connectivity index (χ4v) is 3.72. The Labute approximate surface area is 170 Å². The van der Waals surface area contributed by atoms with Gasteiger partial charge in [0.05, 0.1) is 31.2 Å². The second-order valence-corrected chi connectivity index (χ2v) is 7.20. The predicted molar refractivity (Wildman–Crippen MR) is 108 cm³/mol. The van der Waals surface area contributed by atoms with E-state index in [1.54, 1.807) is 24.7 Å². The zero-order valence-electron chi connectivity index (χ0n) is 15.8. The molecule has 10 nitrogen and oxygen atoms in total. The molecule has 0 radical (unpaired) electrons. The highest BCUT2D eigenvalue weighted by atomic mass is 32.2. The Hall–Kier alpha value is -3.34. The zero-order valence-corrected chi connectivity index (χ0v) is 16.6. The van der Waals surface area contributed by atoms with Crippen LogP contribution in [-0.4, -0.2) is 44.7 Å². The molecule has 0 saturated heterocycles. The summed E-state index contributed by atoms with van der Waals surface area (Å²) < 4.78 is 12.2. The molecule has 4 rings (SSSR count). The van der Waals surface area contributed by atoms with E-state index in [1.807, 2.05) is 22.7 Å². The number of imidazole rings is 1. The maximum atomic E-state index is 11.2. The van der Waals surface area contributed by atoms with E-state index >= 15 is 0 Å². The lowest BCUT2D eigenvalue weighted by atomic mass is 10.2. The van der Waals surface area contributed by atoms with Crippen molar-refractivity contribution < 1.29 is 14.4 Å². The lowest BCUT2D eigenvalue weighted by Gasteiger charge is -2.22. The van der Waals surface area contributed by atoms with Gasteiger partial charge in [-0.15, -0.1) is 0 Å². The second-order valence-electron chi connectivity index (χ2n) is 6.26. The Balaban J connectivity index is 1.64. The molecular formula is C18H18N6O4S. The van der Waals surface area contributed by atoms with Crippen molar-refractivity contribution in [3.8, 4) is 5.75 Å². The molecule has 150 valence electrons. The molecule has 3 aromatic rings. The third-order valence-corrected chi connectivity index (χ3v) is 5.31. The Kier molecular flexibility index (Phi) is 5.21. The monoisotopic (exact) mass is 414 g/mol. The number of aryl methyl sites for hydroxylation is 1. The van der Waals surface area contributed by atoms with Crippen molar-refractivity contribution in [1.82, 2.24) is 19.5 Å². The molecule has 1 aliphatic heterocycles. The molecule has 0 aliphatic carbocycles. The minimum absolute atomic E-state index is 0.0623. The number of aromatic nitrogens is 4. The molecule has 29 heavy (non-hydrogen) atoms. The number of nitro groups is 1. The number of nitrogens with zero attached hydrogens (tertiary/aromatic N) is 6. The first-order valence-corrected chi connectivity index (χ1v) is 9.73. The molecule has 0 spiro atoms. The summed E-state index contributed by atoms with van der Waals surface area (Å²) in [6.07, 6.45) is 5.15. The standard InChI is InChI=1S/C18H18N6O4S/c1-22-11-19-15-16(22)20-18(21-17(15)23-5-7-28-8-6-23)29-10-12-3-4-14(27-2)13(9-12)24(25)26/h3-5,7,9,11H,6,8,10H2,1-2H3. The molecule has 0 N–H and O–H groups in total. The van der Waals surface area contributed by atoms with Gasteiger partial charge in [0.15, 0.2) is 27.9 Å². The molecule has 0 saturated carbocycles. The van der Waals surface area contributed by atoms with Gasteiger partial charge >= 0.3 is 5.69 Å². The van der Waals surface area contributed by atoms with Gasteiger partial charge in [0.1, 0.15) is 6.61 Å². The highest BCUT2D eigenvalue weighted by Crippen LogP contribution is 2.32. The number of fused-ring (bicyclic) bond motifs is 1. The van der Waals surface area contributed by atoms with Crippen LogP contribution >= 0.6 is 11.8 Å². The van der Waals surface area contributed by atoms with Gasteiger partial charge in [-0.05, 0) is 11.6 Å². The van der Waals surface area contributed by atoms with E-state index < -0.39 is 4.92 Å². The third kappa shape index (κ3) is 3.81. The number of nitro benzene ring substituents is 1. The smallest absolute Gasteiger partial charge is 0.311 e. The maximum Gasteiger partial charge on any atom is 0.311 e. The summed E-state index contributed by atoms with van der Waals surface area (Å²) in [7, 11) is 3.29. The largest absolute Gasteiger partial charge is 0.498 e. The van der Waals surface area contributed by atoms with Crippen molar-refractivity contribution >= 4 is 34.4 Å². The zero-order chi connectivity index (χ0) is 20.4. The van der Waals surface area contributed by atoms with Gasteiger partial charge in [0, 0.05) is 25.1 Å². The van der Waals surface area contributed by atoms with Gasteiger partial charge in [0.25, 0.3) is 0 Å². The van der Waals surface area contributed by atoms with Crippen LogP contribution in [0.2, 0.25) is 0 Å². The molecule has 0 atom stereocenters. The van der Waals surface area contributed by atoms with E-state index in [0.717, 1.165) is 11.2 Å². The van der Waals surface area contributed by atoms with Crippen LogP contribution in [0.3, 0.4) is 0 Å². The van der Waals surface area contributed by atoms with Crippen LogP contribution in [0, 0.1) is 10.1 Å². The van der Waals surface area contributed by atoms with Gasteiger partial charge in [0.2, 0.25) is 0 Å². The molecule has 11 heteroatoms. The third-order valence-electron chi connectivity index (χ3n) is 4.39. The van der Waals surface area contributed by atoms with Gasteiger partial charge in [-0.25, -0.2) is 15.0 Å². The molecule has 2 aromatic heterocycles. The van der Waals surface area contributed by atoms with E-state index in [0.29, 0.717) is 35.4 Å². The first-order valence-electron chi connectivity index (χ1n) is 8.75. The van der Waals surface area contributed by atoms with Crippen LogP contribution in [0.15, 0.2) is 42.1 Å². The molecule has 0 amide bonds. The van der Waals surface area contributed by atoms with E-state index in [9.17, 15) is 10.1 Å². The summed E-state index contributed by atoms with van der Waals surface area (Å²) in [5.74, 6) is 1.42. The van der Waals surface area contributed by atoms with Crippen LogP contribution < -0.4 is 9.64 Å². The van der Waals surface area contributed by atoms with Crippen LogP contribution in [0.25, 0.3) is 11.2 Å². The fourth-order valence-electron chi connectivity index (χ4n) is 2.94. The Morgan fingerprint density at radius 3 is 2.97 bits per heavy atom. The van der Waals surface area contributed by atoms with Crippen molar-refractivity contribution in [2.45, 2.75) is 10.9 Å². The highest BCUT2D eigenvalue weighted by Gasteiger charge is 2.19. The fraction of sp³-hybridized carbons (Fsp3) is 0.278. The Morgan fingerprint density at radius 2 is 2.24 bits per heavy atom. The summed E-state index contributed by atoms with van der Waals surface area (Å²) in [6, 6.07) is 4.91. The van der Waals surface area contributed by atoms with Crippen molar-refractivity contribution in [3.05, 3.63) is 52.7 Å². The van der Waals surface area contributed by atoms with E-state index in [4.69, 9.17) is 9.47 Å². The Morgan fingerprint density at radius 1 is 1.38 bits per heavy atom. The number of hydrogen-bond donors (Lipinski definition) is 0. The van der Waals surface area contributed by atoms with Crippen LogP contribution in [0.5, 0.6) is 5.75 Å². The second kappa shape index (κ2) is 7.95. The quantitative estimate of drug-likeness (QED) is 0.260. The summed E-state index contributed by atoms with van der Waals surface area (Å²) in [5.41, 5.74) is 2.15. The summed E-state index contributed by atoms with van der Waals surface area (Å²) in [6.45, 7) is 1.22. The lowest BCUT2D eigenvalue weighted by molar-refractivity contribution is -0.385. The minimum Gasteiger partial charge on any atom is -0.498 e. The molecule has 1 aliphatic rings. The maximum absolute atomic E-state index is 11.2. The van der Waals surface area contributed by atoms with E-state index in [2.05, 4.69) is 15.0 Å². The van der Waals surface area contributed by atoms with Gasteiger partial charge in [-0.3, -0.25) is 10.1 Å². The van der Waals surface area contributed by atoms with Gasteiger partial charge in [-0.1, -0.05) is 17.8 Å². The predicted octanol–water partition coefficient (Wildman–Crippen LogP) is 2.88. The number of ether oxygens (including phenoxy) is 2. The highest BCUT2D eigenvalue weighted by molar-refractivity contribution is 7.98. The molecule has 0 bridgehead atoms. The van der Waals surface area contributed by atoms with Crippen LogP contribution in [0.4, 0.5) is 11.5 Å². The van der Waals surface area contributed by atoms with Gasteiger partial charge < -0.3 is 18.9 Å². The van der Waals surface area contributed by atoms with Crippen LogP contribution in [-0.2, 0) is 17.5 Å². The van der Waals surface area contributed by atoms with Crippen molar-refractivity contribution in [2.24, 2.45) is 7.05 Å². The first kappa shape index (κ1) is 19.0. The number of thioether (sulfide) groups is 1. The lowest BCUT2D eigenvalue weighted by Crippen LogP contribution is -2.25. The van der Waals surface area contributed by atoms with Crippen molar-refractivity contribution in [1.29, 1.82) is 0 Å². The topological polar surface area (TPSA) is 108 Å². The average Bonchev–Trinajstić information content (AvgIpc) is 3.13. The van der Waals surface area contributed by atoms with Crippen molar-refractivity contribution in [3.63, 3.8) is 0 Å². The Bertz CT molecular complexity index is 1100. The first-order chi connectivity index (χ1) is 14.1. The number of benzene rings is 1. The molecular weight excluding hydrogens is 396 g/mol. The molecule has 3 heterocycles. The van der Waals surface area contributed by atoms with E-state index in [-0.39, 0.29) is 11.4 Å². The van der Waals surface area contributed by atoms with Crippen LogP contribution in [0.1, 0.15) is 5.56 Å². The number of methoxy groups -OCH3 is 1.